The number of hydrogen-bond acceptors (Lipinski definition) is 2. The van der Waals surface area contributed by atoms with E-state index in [0.29, 0.717) is 12.0 Å². The summed E-state index contributed by atoms with van der Waals surface area (Å²) in [5.74, 6) is 0.706. The molecule has 0 radical (unpaired) electrons. The van der Waals surface area contributed by atoms with Gasteiger partial charge < -0.3 is 10.6 Å². The summed E-state index contributed by atoms with van der Waals surface area (Å²) in [6, 6.07) is 0.606. The molecule has 1 saturated heterocycles. The van der Waals surface area contributed by atoms with Crippen LogP contribution in [0.15, 0.2) is 11.8 Å². The molecule has 0 aliphatic carbocycles. The molecule has 0 aromatic heterocycles. The summed E-state index contributed by atoms with van der Waals surface area (Å²) in [5, 5.41) is 6.89. The minimum Gasteiger partial charge on any atom is -0.383 e. The number of hydrogen-bond donors (Lipinski definition) is 2. The highest BCUT2D eigenvalue weighted by atomic mass is 15.1. The summed E-state index contributed by atoms with van der Waals surface area (Å²) in [6.07, 6.45) is 2.14. The van der Waals surface area contributed by atoms with Crippen LogP contribution in [0.1, 0.15) is 20.8 Å². The highest BCUT2D eigenvalue weighted by Gasteiger charge is 2.17. The Labute approximate surface area is 69.1 Å². The smallest absolute Gasteiger partial charge is 0.0406 e. The van der Waals surface area contributed by atoms with E-state index in [1.165, 1.54) is 5.70 Å². The van der Waals surface area contributed by atoms with E-state index in [0.717, 1.165) is 13.1 Å². The maximum atomic E-state index is 3.50. The molecule has 1 fully saturated rings. The van der Waals surface area contributed by atoms with E-state index in [9.17, 15) is 0 Å². The van der Waals surface area contributed by atoms with Crippen LogP contribution in [-0.4, -0.2) is 19.1 Å². The molecule has 1 unspecified atom stereocenters. The number of rotatable bonds is 1. The maximum Gasteiger partial charge on any atom is 0.0406 e. The molecule has 1 heterocycles. The van der Waals surface area contributed by atoms with E-state index in [2.05, 4.69) is 37.5 Å². The molecule has 0 amide bonds. The first-order chi connectivity index (χ1) is 5.24. The van der Waals surface area contributed by atoms with Gasteiger partial charge in [0.2, 0.25) is 0 Å². The van der Waals surface area contributed by atoms with Gasteiger partial charge in [0.15, 0.2) is 0 Å². The molecule has 64 valence electrons. The SMILES string of the molecule is C/C=C1/CNCC(C(C)C)N1. The Morgan fingerprint density at radius 1 is 1.55 bits per heavy atom. The standard InChI is InChI=1S/C9H18N2/c1-4-8-5-10-6-9(11-8)7(2)3/h4,7,9-11H,5-6H2,1-3H3/b8-4-. The average molecular weight is 154 g/mol. The first kappa shape index (κ1) is 8.60. The number of piperazine rings is 1. The zero-order chi connectivity index (χ0) is 8.27. The predicted molar refractivity (Wildman–Crippen MR) is 48.4 cm³/mol. The van der Waals surface area contributed by atoms with Gasteiger partial charge >= 0.3 is 0 Å². The van der Waals surface area contributed by atoms with Gasteiger partial charge in [0.25, 0.3) is 0 Å². The largest absolute Gasteiger partial charge is 0.383 e. The summed E-state index contributed by atoms with van der Waals surface area (Å²) in [5.41, 5.74) is 1.33. The number of nitrogens with one attached hydrogen (secondary N) is 2. The minimum absolute atomic E-state index is 0.606. The quantitative estimate of drug-likeness (QED) is 0.591. The molecule has 0 aromatic rings. The van der Waals surface area contributed by atoms with Gasteiger partial charge in [-0.15, -0.1) is 0 Å². The summed E-state index contributed by atoms with van der Waals surface area (Å²) in [6.45, 7) is 8.66. The lowest BCUT2D eigenvalue weighted by atomic mass is 10.0. The lowest BCUT2D eigenvalue weighted by molar-refractivity contribution is 0.375. The van der Waals surface area contributed by atoms with E-state index >= 15 is 0 Å². The molecule has 1 atom stereocenters. The molecule has 0 spiro atoms. The van der Waals surface area contributed by atoms with Crippen LogP contribution in [0.3, 0.4) is 0 Å². The molecular formula is C9H18N2. The lowest BCUT2D eigenvalue weighted by Gasteiger charge is -2.30. The van der Waals surface area contributed by atoms with Crippen LogP contribution in [0.5, 0.6) is 0 Å². The summed E-state index contributed by atoms with van der Waals surface area (Å²) >= 11 is 0. The molecule has 2 N–H and O–H groups in total. The highest BCUT2D eigenvalue weighted by Crippen LogP contribution is 2.06. The number of allylic oxidation sites excluding steroid dienone is 1. The van der Waals surface area contributed by atoms with Gasteiger partial charge in [0.1, 0.15) is 0 Å². The van der Waals surface area contributed by atoms with Crippen LogP contribution in [-0.2, 0) is 0 Å². The van der Waals surface area contributed by atoms with Crippen molar-refractivity contribution >= 4 is 0 Å². The first-order valence-corrected chi connectivity index (χ1v) is 4.36. The van der Waals surface area contributed by atoms with Crippen molar-refractivity contribution in [3.63, 3.8) is 0 Å². The molecule has 0 bridgehead atoms. The topological polar surface area (TPSA) is 24.1 Å². The highest BCUT2D eigenvalue weighted by molar-refractivity contribution is 5.05. The fraction of sp³-hybridized carbons (Fsp3) is 0.778. The third kappa shape index (κ3) is 2.22. The Balaban J connectivity index is 2.46. The van der Waals surface area contributed by atoms with Crippen LogP contribution in [0.25, 0.3) is 0 Å². The normalized spacial score (nSPS) is 29.1. The zero-order valence-corrected chi connectivity index (χ0v) is 7.65. The van der Waals surface area contributed by atoms with Gasteiger partial charge in [0.05, 0.1) is 0 Å². The van der Waals surface area contributed by atoms with Crippen molar-refractivity contribution in [2.45, 2.75) is 26.8 Å². The van der Waals surface area contributed by atoms with Crippen molar-refractivity contribution in [2.24, 2.45) is 5.92 Å². The Hall–Kier alpha value is -0.500. The minimum atomic E-state index is 0.606. The second-order valence-electron chi connectivity index (χ2n) is 3.44. The zero-order valence-electron chi connectivity index (χ0n) is 7.65. The van der Waals surface area contributed by atoms with Crippen LogP contribution in [0.2, 0.25) is 0 Å². The van der Waals surface area contributed by atoms with Gasteiger partial charge in [-0.25, -0.2) is 0 Å². The Morgan fingerprint density at radius 2 is 2.27 bits per heavy atom. The third-order valence-corrected chi connectivity index (χ3v) is 2.20. The summed E-state index contributed by atoms with van der Waals surface area (Å²) in [7, 11) is 0. The average Bonchev–Trinajstić information content (AvgIpc) is 2.05. The molecule has 0 saturated carbocycles. The van der Waals surface area contributed by atoms with Crippen molar-refractivity contribution in [1.82, 2.24) is 10.6 Å². The molecule has 1 rings (SSSR count). The van der Waals surface area contributed by atoms with Gasteiger partial charge in [-0.3, -0.25) is 0 Å². The second kappa shape index (κ2) is 3.77. The predicted octanol–water partition coefficient (Wildman–Crippen LogP) is 1.11. The molecule has 2 heteroatoms. The molecule has 1 aliphatic heterocycles. The summed E-state index contributed by atoms with van der Waals surface area (Å²) < 4.78 is 0. The van der Waals surface area contributed by atoms with Crippen LogP contribution < -0.4 is 10.6 Å². The van der Waals surface area contributed by atoms with Crippen molar-refractivity contribution in [3.8, 4) is 0 Å². The summed E-state index contributed by atoms with van der Waals surface area (Å²) in [4.78, 5) is 0. The van der Waals surface area contributed by atoms with E-state index in [1.54, 1.807) is 0 Å². The van der Waals surface area contributed by atoms with E-state index in [1.807, 2.05) is 0 Å². The van der Waals surface area contributed by atoms with Crippen LogP contribution in [0.4, 0.5) is 0 Å². The fourth-order valence-corrected chi connectivity index (χ4v) is 1.29. The monoisotopic (exact) mass is 154 g/mol. The van der Waals surface area contributed by atoms with Gasteiger partial charge in [-0.05, 0) is 12.8 Å². The lowest BCUT2D eigenvalue weighted by Crippen LogP contribution is -2.49. The van der Waals surface area contributed by atoms with Crippen molar-refractivity contribution < 1.29 is 0 Å². The van der Waals surface area contributed by atoms with E-state index < -0.39 is 0 Å². The third-order valence-electron chi connectivity index (χ3n) is 2.20. The molecule has 11 heavy (non-hydrogen) atoms. The second-order valence-corrected chi connectivity index (χ2v) is 3.44. The molecule has 1 aliphatic rings. The molecule has 2 nitrogen and oxygen atoms in total. The Bertz CT molecular complexity index is 150. The Kier molecular flexibility index (Phi) is 2.94. The van der Waals surface area contributed by atoms with Gasteiger partial charge in [0, 0.05) is 24.8 Å². The molecular weight excluding hydrogens is 136 g/mol. The van der Waals surface area contributed by atoms with Crippen molar-refractivity contribution in [2.75, 3.05) is 13.1 Å². The van der Waals surface area contributed by atoms with Crippen LogP contribution >= 0.6 is 0 Å². The first-order valence-electron chi connectivity index (χ1n) is 4.36. The van der Waals surface area contributed by atoms with Gasteiger partial charge in [-0.2, -0.15) is 0 Å². The van der Waals surface area contributed by atoms with Crippen LogP contribution in [0, 0.1) is 5.92 Å². The maximum absolute atomic E-state index is 3.50. The van der Waals surface area contributed by atoms with Crippen molar-refractivity contribution in [3.05, 3.63) is 11.8 Å². The van der Waals surface area contributed by atoms with Gasteiger partial charge in [-0.1, -0.05) is 19.9 Å². The Morgan fingerprint density at radius 3 is 2.82 bits per heavy atom. The van der Waals surface area contributed by atoms with E-state index in [4.69, 9.17) is 0 Å². The van der Waals surface area contributed by atoms with Crippen molar-refractivity contribution in [1.29, 1.82) is 0 Å². The molecule has 0 aromatic carbocycles. The fourth-order valence-electron chi connectivity index (χ4n) is 1.29. The van der Waals surface area contributed by atoms with E-state index in [-0.39, 0.29) is 0 Å².